The van der Waals surface area contributed by atoms with Crippen molar-refractivity contribution in [2.75, 3.05) is 0 Å². The van der Waals surface area contributed by atoms with E-state index in [1.807, 2.05) is 0 Å². The van der Waals surface area contributed by atoms with Gasteiger partial charge in [0.05, 0.1) is 0 Å². The molecule has 0 heterocycles. The third-order valence-corrected chi connectivity index (χ3v) is 8.26. The number of hydrogen-bond acceptors (Lipinski definition) is 0. The second-order valence-electron chi connectivity index (χ2n) is 9.07. The van der Waals surface area contributed by atoms with Crippen molar-refractivity contribution in [2.45, 2.75) is 71.3 Å². The van der Waals surface area contributed by atoms with Gasteiger partial charge in [-0.05, 0) is 85.9 Å². The maximum absolute atomic E-state index is 8.93. The molecule has 22 heavy (non-hydrogen) atoms. The molecule has 4 aliphatic carbocycles. The van der Waals surface area contributed by atoms with Crippen molar-refractivity contribution in [3.05, 3.63) is 17.7 Å². The van der Waals surface area contributed by atoms with Gasteiger partial charge >= 0.3 is 0 Å². The van der Waals surface area contributed by atoms with Crippen molar-refractivity contribution >= 4 is 0 Å². The molecule has 0 radical (unpaired) electrons. The number of fused-ring (bicyclic) bond motifs is 5. The predicted octanol–water partition coefficient (Wildman–Crippen LogP) is 3.17. The van der Waals surface area contributed by atoms with E-state index >= 15 is 0 Å². The molecule has 0 amide bonds. The molecule has 0 spiro atoms. The minimum Gasteiger partial charge on any atom is -0.290 e. The van der Waals surface area contributed by atoms with Gasteiger partial charge in [0.25, 0.3) is 0 Å². The first-order chi connectivity index (χ1) is 10.6. The van der Waals surface area contributed by atoms with E-state index in [0.717, 1.165) is 23.7 Å². The van der Waals surface area contributed by atoms with Crippen LogP contribution in [0.15, 0.2) is 12.2 Å². The molecule has 3 nitrogen and oxygen atoms in total. The maximum Gasteiger partial charge on any atom is 0.0118 e. The average molecular weight is 301 g/mol. The van der Waals surface area contributed by atoms with Crippen LogP contribution in [0.25, 0.3) is 5.53 Å². The van der Waals surface area contributed by atoms with Gasteiger partial charge < -0.3 is 0 Å². The first-order valence-corrected chi connectivity index (χ1v) is 9.39. The Labute approximate surface area is 134 Å². The Morgan fingerprint density at radius 1 is 1.09 bits per heavy atom. The number of rotatable bonds is 2. The van der Waals surface area contributed by atoms with Crippen LogP contribution in [0.4, 0.5) is 0 Å². The summed E-state index contributed by atoms with van der Waals surface area (Å²) in [6.07, 6.45) is 15.8. The smallest absolute Gasteiger partial charge is 0.0118 e. The average Bonchev–Trinajstić information content (AvgIpc) is 2.89. The molecule has 2 N–H and O–H groups in total. The first kappa shape index (κ1) is 14.7. The zero-order valence-electron chi connectivity index (χ0n) is 14.1. The molecule has 122 valence electrons. The fraction of sp³-hybridized carbons (Fsp3) is 0.895. The lowest BCUT2D eigenvalue weighted by atomic mass is 9.45. The van der Waals surface area contributed by atoms with Crippen LogP contribution < -0.4 is 10.6 Å². The van der Waals surface area contributed by atoms with E-state index in [9.17, 15) is 0 Å². The van der Waals surface area contributed by atoms with E-state index in [1.54, 1.807) is 0 Å². The molecule has 4 aliphatic rings. The molecule has 4 rings (SSSR count). The first-order valence-electron chi connectivity index (χ1n) is 9.39. The standard InChI is InChI=1S/C19H31N3/c1-18-9-3-4-16(18)15-6-5-13-12-14(21-22-20)7-11-19(13,2)17(15)8-10-18/h3,9,13-17,22H,4-8,10-12H2,1-2H3,(H-,20,21)/t13-,14+,15-,16-,17-,18-,19-/m0/s1. The monoisotopic (exact) mass is 301 g/mol. The van der Waals surface area contributed by atoms with Crippen LogP contribution in [0.1, 0.15) is 65.2 Å². The number of hydrogen-bond donors (Lipinski definition) is 2. The fourth-order valence-electron chi connectivity index (χ4n) is 6.96. The third-order valence-electron chi connectivity index (χ3n) is 8.26. The van der Waals surface area contributed by atoms with Crippen LogP contribution in [0, 0.1) is 34.5 Å². The van der Waals surface area contributed by atoms with Crippen LogP contribution in [-0.2, 0) is 0 Å². The van der Waals surface area contributed by atoms with Gasteiger partial charge in [-0.15, -0.1) is 0 Å². The highest BCUT2D eigenvalue weighted by atomic mass is 15.4. The second kappa shape index (κ2) is 5.07. The molecule has 0 saturated heterocycles. The van der Waals surface area contributed by atoms with E-state index in [4.69, 9.17) is 5.53 Å². The summed E-state index contributed by atoms with van der Waals surface area (Å²) in [6.45, 7) is 5.11. The largest absolute Gasteiger partial charge is 0.290 e. The van der Waals surface area contributed by atoms with E-state index < -0.39 is 0 Å². The fourth-order valence-corrected chi connectivity index (χ4v) is 6.96. The minimum atomic E-state index is 0.446. The molecule has 0 aromatic rings. The molecule has 3 fully saturated rings. The summed E-state index contributed by atoms with van der Waals surface area (Å²) < 4.78 is 0. The molecule has 0 aromatic heterocycles. The molecule has 3 saturated carbocycles. The summed E-state index contributed by atoms with van der Waals surface area (Å²) in [5.74, 6) is 3.65. The third kappa shape index (κ3) is 2.00. The molecule has 0 unspecified atom stereocenters. The van der Waals surface area contributed by atoms with E-state index in [0.29, 0.717) is 16.9 Å². The lowest BCUT2D eigenvalue weighted by molar-refractivity contribution is -0.557. The van der Waals surface area contributed by atoms with Gasteiger partial charge in [-0.1, -0.05) is 26.0 Å². The van der Waals surface area contributed by atoms with Crippen LogP contribution >= 0.6 is 0 Å². The van der Waals surface area contributed by atoms with Gasteiger partial charge in [0, 0.05) is 6.04 Å². The van der Waals surface area contributed by atoms with E-state index in [-0.39, 0.29) is 0 Å². The number of nitrogens with one attached hydrogen (secondary N) is 2. The number of allylic oxidation sites excluding steroid dienone is 2. The number of nitrogens with zero attached hydrogens (tertiary/aromatic N) is 1. The Hall–Kier alpha value is -0.860. The highest BCUT2D eigenvalue weighted by Gasteiger charge is 2.56. The van der Waals surface area contributed by atoms with Gasteiger partial charge in [-0.2, -0.15) is 10.8 Å². The summed E-state index contributed by atoms with van der Waals surface area (Å²) in [4.78, 5) is 0. The van der Waals surface area contributed by atoms with E-state index in [1.165, 1.54) is 51.4 Å². The predicted molar refractivity (Wildman–Crippen MR) is 87.5 cm³/mol. The highest BCUT2D eigenvalue weighted by Crippen LogP contribution is 2.64. The Balaban J connectivity index is 1.56. The summed E-state index contributed by atoms with van der Waals surface area (Å²) in [5, 5.41) is 2.18. The summed E-state index contributed by atoms with van der Waals surface area (Å²) in [5.41, 5.74) is 13.0. The van der Waals surface area contributed by atoms with Crippen molar-refractivity contribution in [3.63, 3.8) is 0 Å². The second-order valence-corrected chi connectivity index (χ2v) is 9.07. The molecule has 3 heteroatoms. The molecular formula is C19H31N3. The van der Waals surface area contributed by atoms with Crippen LogP contribution in [0.3, 0.4) is 0 Å². The van der Waals surface area contributed by atoms with E-state index in [2.05, 4.69) is 36.6 Å². The van der Waals surface area contributed by atoms with Crippen molar-refractivity contribution < 1.29 is 5.22 Å². The van der Waals surface area contributed by atoms with Gasteiger partial charge in [-0.25, -0.2) is 0 Å². The zero-order chi connectivity index (χ0) is 15.4. The summed E-state index contributed by atoms with van der Waals surface area (Å²) in [6, 6.07) is 0.446. The molecular weight excluding hydrogens is 270 g/mol. The number of hydrazine groups is 1. The maximum atomic E-state index is 8.93. The summed E-state index contributed by atoms with van der Waals surface area (Å²) in [7, 11) is 0. The van der Waals surface area contributed by atoms with Gasteiger partial charge in [0.1, 0.15) is 0 Å². The van der Waals surface area contributed by atoms with Crippen LogP contribution in [0.2, 0.25) is 0 Å². The normalized spacial score (nSPS) is 53.3. The van der Waals surface area contributed by atoms with Crippen molar-refractivity contribution in [3.8, 4) is 0 Å². The molecule has 0 aromatic carbocycles. The topological polar surface area (TPSA) is 48.3 Å². The van der Waals surface area contributed by atoms with Crippen LogP contribution in [-0.4, -0.2) is 6.04 Å². The van der Waals surface area contributed by atoms with Gasteiger partial charge in [0.15, 0.2) is 0 Å². The lowest BCUT2D eigenvalue weighted by Crippen LogP contribution is -2.78. The van der Waals surface area contributed by atoms with Gasteiger partial charge in [-0.3, -0.25) is 5.43 Å². The van der Waals surface area contributed by atoms with Crippen LogP contribution in [0.5, 0.6) is 0 Å². The SMILES string of the molecule is C[C@]12CC[C@@H](N[NH+]=[N-])C[C@@H]1CC[C@@H]1[C@@H]2CC[C@]2(C)C=CC[C@@H]12. The Bertz CT molecular complexity index is 487. The van der Waals surface area contributed by atoms with Gasteiger partial charge in [0.2, 0.25) is 0 Å². The van der Waals surface area contributed by atoms with Crippen molar-refractivity contribution in [1.82, 2.24) is 5.43 Å². The minimum absolute atomic E-state index is 0.446. The Morgan fingerprint density at radius 2 is 1.95 bits per heavy atom. The highest BCUT2D eigenvalue weighted by molar-refractivity contribution is 5.16. The summed E-state index contributed by atoms with van der Waals surface area (Å²) >= 11 is 0. The zero-order valence-corrected chi connectivity index (χ0v) is 14.1. The quantitative estimate of drug-likeness (QED) is 0.459. The molecule has 0 bridgehead atoms. The Morgan fingerprint density at radius 3 is 2.77 bits per heavy atom. The molecule has 7 atom stereocenters. The lowest BCUT2D eigenvalue weighted by Gasteiger charge is -2.60. The van der Waals surface area contributed by atoms with Crippen molar-refractivity contribution in [2.24, 2.45) is 34.5 Å². The molecule has 0 aliphatic heterocycles. The Kier molecular flexibility index (Phi) is 3.39. The van der Waals surface area contributed by atoms with Crippen molar-refractivity contribution in [1.29, 1.82) is 0 Å².